The summed E-state index contributed by atoms with van der Waals surface area (Å²) in [4.78, 5) is 24.2. The summed E-state index contributed by atoms with van der Waals surface area (Å²) in [6.45, 7) is 5.25. The van der Waals surface area contributed by atoms with Gasteiger partial charge in [-0.2, -0.15) is 11.3 Å². The molecule has 0 unspecified atom stereocenters. The Bertz CT molecular complexity index is 392. The molecule has 0 aliphatic rings. The molecule has 5 heteroatoms. The Labute approximate surface area is 105 Å². The van der Waals surface area contributed by atoms with E-state index in [-0.39, 0.29) is 18.9 Å². The van der Waals surface area contributed by atoms with E-state index in [2.05, 4.69) is 0 Å². The van der Waals surface area contributed by atoms with Crippen molar-refractivity contribution in [2.75, 3.05) is 6.54 Å². The van der Waals surface area contributed by atoms with Crippen LogP contribution in [0.4, 0.5) is 0 Å². The Morgan fingerprint density at radius 2 is 2.06 bits per heavy atom. The van der Waals surface area contributed by atoms with Crippen LogP contribution in [0.5, 0.6) is 0 Å². The number of thiophene rings is 1. The molecule has 0 saturated heterocycles. The van der Waals surface area contributed by atoms with Crippen LogP contribution in [0.3, 0.4) is 0 Å². The topological polar surface area (TPSA) is 57.6 Å². The highest BCUT2D eigenvalue weighted by Gasteiger charge is 2.28. The first-order valence-electron chi connectivity index (χ1n) is 5.34. The molecule has 94 valence electrons. The molecule has 0 aliphatic heterocycles. The highest BCUT2D eigenvalue weighted by molar-refractivity contribution is 7.07. The van der Waals surface area contributed by atoms with Crippen LogP contribution in [0.2, 0.25) is 0 Å². The van der Waals surface area contributed by atoms with Gasteiger partial charge in [-0.3, -0.25) is 9.59 Å². The van der Waals surface area contributed by atoms with Crippen LogP contribution < -0.4 is 0 Å². The molecule has 1 amide bonds. The molecule has 0 saturated carbocycles. The lowest BCUT2D eigenvalue weighted by molar-refractivity contribution is -0.147. The maximum Gasteiger partial charge on any atom is 0.323 e. The number of carbonyl (C=O) groups is 2. The highest BCUT2D eigenvalue weighted by atomic mass is 32.1. The molecule has 0 fully saturated rings. The van der Waals surface area contributed by atoms with Crippen LogP contribution in [0.25, 0.3) is 0 Å². The van der Waals surface area contributed by atoms with Gasteiger partial charge in [-0.25, -0.2) is 0 Å². The number of aliphatic carboxylic acids is 1. The number of amides is 1. The second kappa shape index (κ2) is 5.31. The van der Waals surface area contributed by atoms with Crippen molar-refractivity contribution >= 4 is 23.2 Å². The molecule has 0 spiro atoms. The third kappa shape index (κ3) is 4.19. The molecule has 17 heavy (non-hydrogen) atoms. The number of hydrogen-bond donors (Lipinski definition) is 1. The molecule has 4 nitrogen and oxygen atoms in total. The van der Waals surface area contributed by atoms with Gasteiger partial charge < -0.3 is 10.0 Å². The maximum absolute atomic E-state index is 12.1. The van der Waals surface area contributed by atoms with Crippen molar-refractivity contribution in [3.05, 3.63) is 22.4 Å². The average Bonchev–Trinajstić information content (AvgIpc) is 2.64. The number of hydrogen-bond acceptors (Lipinski definition) is 3. The highest BCUT2D eigenvalue weighted by Crippen LogP contribution is 2.16. The smallest absolute Gasteiger partial charge is 0.323 e. The summed E-state index contributed by atoms with van der Waals surface area (Å²) in [5.41, 5.74) is 0.450. The summed E-state index contributed by atoms with van der Waals surface area (Å²) in [6.07, 6.45) is 0.258. The van der Waals surface area contributed by atoms with E-state index < -0.39 is 11.5 Å². The van der Waals surface area contributed by atoms with Gasteiger partial charge in [0.05, 0.1) is 6.42 Å². The summed E-state index contributed by atoms with van der Waals surface area (Å²) < 4.78 is 0. The molecule has 1 N–H and O–H groups in total. The maximum atomic E-state index is 12.1. The predicted molar refractivity (Wildman–Crippen MR) is 67.1 cm³/mol. The van der Waals surface area contributed by atoms with E-state index >= 15 is 0 Å². The Balaban J connectivity index is 2.76. The summed E-state index contributed by atoms with van der Waals surface area (Å²) in [5, 5.41) is 12.6. The van der Waals surface area contributed by atoms with Gasteiger partial charge in [-0.05, 0) is 43.2 Å². The van der Waals surface area contributed by atoms with Gasteiger partial charge in [0.1, 0.15) is 6.54 Å². The van der Waals surface area contributed by atoms with Crippen molar-refractivity contribution in [1.29, 1.82) is 0 Å². The predicted octanol–water partition coefficient (Wildman–Crippen LogP) is 2.00. The fourth-order valence-corrected chi connectivity index (χ4v) is 2.17. The third-order valence-electron chi connectivity index (χ3n) is 2.34. The van der Waals surface area contributed by atoms with Crippen LogP contribution in [-0.2, 0) is 16.0 Å². The second-order valence-corrected chi connectivity index (χ2v) is 5.63. The van der Waals surface area contributed by atoms with Gasteiger partial charge in [0.25, 0.3) is 0 Å². The zero-order valence-corrected chi connectivity index (χ0v) is 11.1. The Hall–Kier alpha value is -1.36. The van der Waals surface area contributed by atoms with Crippen LogP contribution in [-0.4, -0.2) is 34.0 Å². The van der Waals surface area contributed by atoms with E-state index in [9.17, 15) is 9.59 Å². The van der Waals surface area contributed by atoms with E-state index in [1.165, 1.54) is 16.2 Å². The zero-order chi connectivity index (χ0) is 13.1. The van der Waals surface area contributed by atoms with Crippen LogP contribution in [0.15, 0.2) is 16.8 Å². The molecule has 0 bridgehead atoms. The first-order chi connectivity index (χ1) is 7.80. The van der Waals surface area contributed by atoms with Gasteiger partial charge in [0, 0.05) is 5.54 Å². The molecule has 0 aliphatic carbocycles. The minimum Gasteiger partial charge on any atom is -0.480 e. The van der Waals surface area contributed by atoms with Crippen LogP contribution in [0.1, 0.15) is 26.3 Å². The molecular weight excluding hydrogens is 238 g/mol. The Morgan fingerprint density at radius 1 is 1.41 bits per heavy atom. The number of carbonyl (C=O) groups excluding carboxylic acids is 1. The fourth-order valence-electron chi connectivity index (χ4n) is 1.50. The summed E-state index contributed by atoms with van der Waals surface area (Å²) in [6, 6.07) is 1.88. The van der Waals surface area contributed by atoms with Crippen LogP contribution in [0, 0.1) is 0 Å². The second-order valence-electron chi connectivity index (χ2n) is 4.85. The standard InChI is InChI=1S/C12H17NO3S/c1-12(2,3)13(7-11(15)16)10(14)6-9-4-5-17-8-9/h4-5,8H,6-7H2,1-3H3,(H,15,16). The van der Waals surface area contributed by atoms with Gasteiger partial charge in [-0.15, -0.1) is 0 Å². The van der Waals surface area contributed by atoms with Gasteiger partial charge >= 0.3 is 5.97 Å². The number of carboxylic acid groups (broad SMARTS) is 1. The summed E-state index contributed by atoms with van der Waals surface area (Å²) in [7, 11) is 0. The first-order valence-corrected chi connectivity index (χ1v) is 6.28. The van der Waals surface area contributed by atoms with E-state index in [4.69, 9.17) is 5.11 Å². The number of rotatable bonds is 4. The lowest BCUT2D eigenvalue weighted by Gasteiger charge is -2.34. The van der Waals surface area contributed by atoms with Crippen molar-refractivity contribution in [3.8, 4) is 0 Å². The monoisotopic (exact) mass is 255 g/mol. The summed E-state index contributed by atoms with van der Waals surface area (Å²) >= 11 is 1.53. The molecule has 1 aromatic heterocycles. The Kier molecular flexibility index (Phi) is 4.28. The quantitative estimate of drug-likeness (QED) is 0.895. The SMILES string of the molecule is CC(C)(C)N(CC(=O)O)C(=O)Cc1ccsc1. The van der Waals surface area contributed by atoms with E-state index in [0.717, 1.165) is 5.56 Å². The third-order valence-corrected chi connectivity index (χ3v) is 3.07. The van der Waals surface area contributed by atoms with E-state index in [1.54, 1.807) is 0 Å². The molecule has 0 aromatic carbocycles. The summed E-state index contributed by atoms with van der Waals surface area (Å²) in [5.74, 6) is -1.14. The molecule has 0 atom stereocenters. The lowest BCUT2D eigenvalue weighted by atomic mass is 10.0. The molecule has 1 rings (SSSR count). The number of nitrogens with zero attached hydrogens (tertiary/aromatic N) is 1. The molecular formula is C12H17NO3S. The normalized spacial score (nSPS) is 11.2. The minimum atomic E-state index is -0.987. The average molecular weight is 255 g/mol. The van der Waals surface area contributed by atoms with E-state index in [0.29, 0.717) is 0 Å². The first kappa shape index (κ1) is 13.7. The van der Waals surface area contributed by atoms with E-state index in [1.807, 2.05) is 37.6 Å². The number of carboxylic acids is 1. The van der Waals surface area contributed by atoms with Crippen molar-refractivity contribution in [1.82, 2.24) is 4.90 Å². The molecule has 0 radical (unpaired) electrons. The van der Waals surface area contributed by atoms with Gasteiger partial charge in [-0.1, -0.05) is 0 Å². The fraction of sp³-hybridized carbons (Fsp3) is 0.500. The lowest BCUT2D eigenvalue weighted by Crippen LogP contribution is -2.48. The zero-order valence-electron chi connectivity index (χ0n) is 10.3. The minimum absolute atomic E-state index is 0.154. The van der Waals surface area contributed by atoms with Crippen molar-refractivity contribution in [3.63, 3.8) is 0 Å². The van der Waals surface area contributed by atoms with Crippen molar-refractivity contribution in [2.45, 2.75) is 32.7 Å². The van der Waals surface area contributed by atoms with Crippen molar-refractivity contribution < 1.29 is 14.7 Å². The van der Waals surface area contributed by atoms with Gasteiger partial charge in [0.2, 0.25) is 5.91 Å². The molecule has 1 heterocycles. The Morgan fingerprint density at radius 3 is 2.47 bits per heavy atom. The van der Waals surface area contributed by atoms with Crippen LogP contribution >= 0.6 is 11.3 Å². The largest absolute Gasteiger partial charge is 0.480 e. The van der Waals surface area contributed by atoms with Gasteiger partial charge in [0.15, 0.2) is 0 Å². The molecule has 1 aromatic rings. The van der Waals surface area contributed by atoms with Crippen molar-refractivity contribution in [2.24, 2.45) is 0 Å².